The van der Waals surface area contributed by atoms with Gasteiger partial charge >= 0.3 is 0 Å². The molecule has 6 heteroatoms. The number of imidazole rings is 1. The number of amides is 1. The molecule has 2 fully saturated rings. The molecule has 5 nitrogen and oxygen atoms in total. The summed E-state index contributed by atoms with van der Waals surface area (Å²) >= 11 is 1.77. The Kier molecular flexibility index (Phi) is 3.31. The fourth-order valence-corrected chi connectivity index (χ4v) is 5.80. The van der Waals surface area contributed by atoms with Crippen LogP contribution in [0, 0.1) is 5.92 Å². The van der Waals surface area contributed by atoms with E-state index in [2.05, 4.69) is 21.0 Å². The zero-order valence-electron chi connectivity index (χ0n) is 13.5. The minimum absolute atomic E-state index is 0.204. The van der Waals surface area contributed by atoms with Gasteiger partial charge in [-0.15, -0.1) is 11.3 Å². The second-order valence-electron chi connectivity index (χ2n) is 7.27. The Bertz CT molecular complexity index is 743. The SMILES string of the molecule is O=C1CC[C@@H]2C[C@H]([C@H](O)C[C@@H]3c4sccc4-c4cncn43)CCN12. The topological polar surface area (TPSA) is 58.4 Å². The lowest BCUT2D eigenvalue weighted by molar-refractivity contribution is -0.131. The monoisotopic (exact) mass is 343 g/mol. The molecule has 3 aliphatic heterocycles. The maximum atomic E-state index is 11.8. The molecule has 2 aromatic heterocycles. The van der Waals surface area contributed by atoms with E-state index in [4.69, 9.17) is 0 Å². The molecule has 0 bridgehead atoms. The number of piperidine rings is 1. The van der Waals surface area contributed by atoms with Gasteiger partial charge in [-0.05, 0) is 43.0 Å². The zero-order chi connectivity index (χ0) is 16.3. The average Bonchev–Trinajstić information content (AvgIpc) is 3.33. The number of aliphatic hydroxyl groups is 1. The Morgan fingerprint density at radius 3 is 3.25 bits per heavy atom. The van der Waals surface area contributed by atoms with Gasteiger partial charge in [-0.1, -0.05) is 0 Å². The number of carbonyl (C=O) groups excluding carboxylic acids is 1. The highest BCUT2D eigenvalue weighted by Crippen LogP contribution is 2.45. The Morgan fingerprint density at radius 2 is 2.33 bits per heavy atom. The summed E-state index contributed by atoms with van der Waals surface area (Å²) < 4.78 is 2.21. The normalized spacial score (nSPS) is 29.5. The van der Waals surface area contributed by atoms with E-state index in [-0.39, 0.29) is 12.1 Å². The molecule has 0 saturated carbocycles. The molecule has 24 heavy (non-hydrogen) atoms. The van der Waals surface area contributed by atoms with Crippen LogP contribution in [0.4, 0.5) is 0 Å². The highest BCUT2D eigenvalue weighted by atomic mass is 32.1. The summed E-state index contributed by atoms with van der Waals surface area (Å²) in [6.07, 6.45) is 7.74. The molecule has 0 aliphatic carbocycles. The number of carbonyl (C=O) groups is 1. The fourth-order valence-electron chi connectivity index (χ4n) is 4.79. The molecular weight excluding hydrogens is 322 g/mol. The van der Waals surface area contributed by atoms with E-state index in [1.54, 1.807) is 11.3 Å². The van der Waals surface area contributed by atoms with E-state index in [0.29, 0.717) is 24.3 Å². The molecular formula is C18H21N3O2S. The van der Waals surface area contributed by atoms with E-state index >= 15 is 0 Å². The second-order valence-corrected chi connectivity index (χ2v) is 8.22. The molecule has 5 rings (SSSR count). The first kappa shape index (κ1) is 14.7. The van der Waals surface area contributed by atoms with Crippen LogP contribution in [0.15, 0.2) is 24.0 Å². The Balaban J connectivity index is 1.33. The van der Waals surface area contributed by atoms with Crippen molar-refractivity contribution in [2.24, 2.45) is 5.92 Å². The van der Waals surface area contributed by atoms with Gasteiger partial charge in [0.15, 0.2) is 0 Å². The van der Waals surface area contributed by atoms with E-state index in [9.17, 15) is 9.90 Å². The quantitative estimate of drug-likeness (QED) is 0.932. The average molecular weight is 343 g/mol. The molecule has 1 N–H and O–H groups in total. The van der Waals surface area contributed by atoms with Crippen LogP contribution in [0.5, 0.6) is 0 Å². The van der Waals surface area contributed by atoms with Crippen LogP contribution in [0.25, 0.3) is 11.3 Å². The van der Waals surface area contributed by atoms with Gasteiger partial charge in [0.1, 0.15) is 0 Å². The first-order valence-corrected chi connectivity index (χ1v) is 9.67. The molecule has 0 spiro atoms. The van der Waals surface area contributed by atoms with Crippen molar-refractivity contribution in [3.8, 4) is 11.3 Å². The van der Waals surface area contributed by atoms with Crippen molar-refractivity contribution in [3.05, 3.63) is 28.8 Å². The Hall–Kier alpha value is -1.66. The minimum Gasteiger partial charge on any atom is -0.393 e. The summed E-state index contributed by atoms with van der Waals surface area (Å²) in [7, 11) is 0. The molecule has 0 unspecified atom stereocenters. The van der Waals surface area contributed by atoms with Crippen LogP contribution in [0.1, 0.15) is 43.0 Å². The number of hydrogen-bond donors (Lipinski definition) is 1. The summed E-state index contributed by atoms with van der Waals surface area (Å²) in [4.78, 5) is 19.5. The maximum Gasteiger partial charge on any atom is 0.222 e. The summed E-state index contributed by atoms with van der Waals surface area (Å²) in [6.45, 7) is 0.816. The van der Waals surface area contributed by atoms with E-state index in [0.717, 1.165) is 32.2 Å². The van der Waals surface area contributed by atoms with Crippen molar-refractivity contribution < 1.29 is 9.90 Å². The van der Waals surface area contributed by atoms with Gasteiger partial charge in [0.25, 0.3) is 0 Å². The molecule has 2 saturated heterocycles. The third-order valence-corrected chi connectivity index (χ3v) is 7.07. The zero-order valence-corrected chi connectivity index (χ0v) is 14.3. The van der Waals surface area contributed by atoms with Crippen molar-refractivity contribution in [1.82, 2.24) is 14.5 Å². The molecule has 4 atom stereocenters. The molecule has 0 radical (unpaired) electrons. The van der Waals surface area contributed by atoms with E-state index in [1.165, 1.54) is 16.1 Å². The molecule has 1 amide bonds. The first-order chi connectivity index (χ1) is 11.7. The molecule has 5 heterocycles. The molecule has 0 aromatic carbocycles. The van der Waals surface area contributed by atoms with Crippen LogP contribution >= 0.6 is 11.3 Å². The fraction of sp³-hybridized carbons (Fsp3) is 0.556. The summed E-state index contributed by atoms with van der Waals surface area (Å²) in [5, 5.41) is 13.0. The second kappa shape index (κ2) is 5.43. The van der Waals surface area contributed by atoms with E-state index in [1.807, 2.05) is 17.4 Å². The smallest absolute Gasteiger partial charge is 0.222 e. The third kappa shape index (κ3) is 2.09. The molecule has 3 aliphatic rings. The first-order valence-electron chi connectivity index (χ1n) is 8.79. The van der Waals surface area contributed by atoms with Gasteiger partial charge in [-0.3, -0.25) is 4.79 Å². The molecule has 126 valence electrons. The van der Waals surface area contributed by atoms with E-state index < -0.39 is 0 Å². The van der Waals surface area contributed by atoms with Crippen LogP contribution in [0.2, 0.25) is 0 Å². The van der Waals surface area contributed by atoms with Crippen LogP contribution < -0.4 is 0 Å². The number of aromatic nitrogens is 2. The van der Waals surface area contributed by atoms with Crippen LogP contribution in [-0.2, 0) is 4.79 Å². The highest BCUT2D eigenvalue weighted by molar-refractivity contribution is 7.10. The summed E-state index contributed by atoms with van der Waals surface area (Å²) in [5.74, 6) is 0.600. The highest BCUT2D eigenvalue weighted by Gasteiger charge is 2.40. The number of hydrogen-bond acceptors (Lipinski definition) is 4. The predicted octanol–water partition coefficient (Wildman–Crippen LogP) is 2.67. The number of fused-ring (bicyclic) bond motifs is 4. The number of nitrogens with zero attached hydrogens (tertiary/aromatic N) is 3. The lowest BCUT2D eigenvalue weighted by Gasteiger charge is -2.37. The Morgan fingerprint density at radius 1 is 1.42 bits per heavy atom. The van der Waals surface area contributed by atoms with Gasteiger partial charge in [0.05, 0.1) is 30.4 Å². The number of rotatable bonds is 3. The lowest BCUT2D eigenvalue weighted by Crippen LogP contribution is -2.43. The van der Waals surface area contributed by atoms with Crippen molar-refractivity contribution in [3.63, 3.8) is 0 Å². The van der Waals surface area contributed by atoms with Crippen molar-refractivity contribution >= 4 is 17.2 Å². The van der Waals surface area contributed by atoms with Crippen LogP contribution in [0.3, 0.4) is 0 Å². The van der Waals surface area contributed by atoms with Crippen molar-refractivity contribution in [2.75, 3.05) is 6.54 Å². The number of thiophene rings is 1. The van der Waals surface area contributed by atoms with Crippen molar-refractivity contribution in [2.45, 2.75) is 50.3 Å². The third-order valence-electron chi connectivity index (χ3n) is 6.05. The van der Waals surface area contributed by atoms with Gasteiger partial charge in [-0.25, -0.2) is 4.98 Å². The standard InChI is InChI=1S/C18H21N3O2S/c22-16(11-3-5-20-12(7-11)1-2-17(20)23)8-14-18-13(4-6-24-18)15-9-19-10-21(14)15/h4,6,9-12,14,16,22H,1-3,5,7-8H2/t11-,12-,14-,16-/m1/s1. The summed E-state index contributed by atoms with van der Waals surface area (Å²) in [6, 6.07) is 2.72. The maximum absolute atomic E-state index is 11.8. The van der Waals surface area contributed by atoms with Crippen molar-refractivity contribution in [1.29, 1.82) is 0 Å². The van der Waals surface area contributed by atoms with Gasteiger partial charge < -0.3 is 14.6 Å². The van der Waals surface area contributed by atoms with Gasteiger partial charge in [0.2, 0.25) is 5.91 Å². The van der Waals surface area contributed by atoms with Gasteiger partial charge in [-0.2, -0.15) is 0 Å². The lowest BCUT2D eigenvalue weighted by atomic mass is 9.84. The van der Waals surface area contributed by atoms with Gasteiger partial charge in [0, 0.05) is 29.4 Å². The summed E-state index contributed by atoms with van der Waals surface area (Å²) in [5.41, 5.74) is 2.44. The largest absolute Gasteiger partial charge is 0.393 e. The predicted molar refractivity (Wildman–Crippen MR) is 91.8 cm³/mol. The number of aliphatic hydroxyl groups excluding tert-OH is 1. The molecule has 2 aromatic rings. The van der Waals surface area contributed by atoms with Crippen LogP contribution in [-0.4, -0.2) is 44.2 Å². The Labute approximate surface area is 144 Å². The minimum atomic E-state index is -0.323.